The van der Waals surface area contributed by atoms with E-state index < -0.39 is 0 Å². The molecule has 0 saturated carbocycles. The molecule has 0 bridgehead atoms. The van der Waals surface area contributed by atoms with Crippen molar-refractivity contribution < 1.29 is 9.53 Å². The van der Waals surface area contributed by atoms with Gasteiger partial charge >= 0.3 is 0 Å². The molecule has 0 aliphatic rings. The third-order valence-electron chi connectivity index (χ3n) is 3.31. The van der Waals surface area contributed by atoms with E-state index in [1.807, 2.05) is 37.4 Å². The van der Waals surface area contributed by atoms with Crippen molar-refractivity contribution in [3.8, 4) is 16.9 Å². The first-order valence-electron chi connectivity index (χ1n) is 7.27. The van der Waals surface area contributed by atoms with Gasteiger partial charge in [-0.3, -0.25) is 9.78 Å². The van der Waals surface area contributed by atoms with Crippen LogP contribution in [0.3, 0.4) is 0 Å². The van der Waals surface area contributed by atoms with Gasteiger partial charge in [-0.25, -0.2) is 0 Å². The molecular weight excluding hydrogens is 278 g/mol. The van der Waals surface area contributed by atoms with Crippen LogP contribution < -0.4 is 15.4 Å². The highest BCUT2D eigenvalue weighted by Gasteiger charge is 2.07. The maximum Gasteiger partial charge on any atom is 0.252 e. The van der Waals surface area contributed by atoms with Crippen LogP contribution in [0.25, 0.3) is 11.1 Å². The van der Waals surface area contributed by atoms with Crippen molar-refractivity contribution in [2.45, 2.75) is 6.42 Å². The monoisotopic (exact) mass is 299 g/mol. The van der Waals surface area contributed by atoms with Gasteiger partial charge in [-0.1, -0.05) is 12.1 Å². The number of carbonyl (C=O) groups excluding carboxylic acids is 1. The minimum absolute atomic E-state index is 0.0982. The van der Waals surface area contributed by atoms with E-state index in [0.717, 1.165) is 29.8 Å². The van der Waals surface area contributed by atoms with E-state index in [4.69, 9.17) is 4.74 Å². The Hall–Kier alpha value is -2.40. The van der Waals surface area contributed by atoms with Crippen LogP contribution in [-0.4, -0.2) is 38.1 Å². The molecule has 0 fully saturated rings. The number of rotatable bonds is 7. The van der Waals surface area contributed by atoms with Crippen molar-refractivity contribution in [3.63, 3.8) is 0 Å². The van der Waals surface area contributed by atoms with Crippen LogP contribution in [-0.2, 0) is 0 Å². The predicted octanol–water partition coefficient (Wildman–Crippen LogP) is 2.10. The molecule has 1 heterocycles. The molecule has 1 amide bonds. The van der Waals surface area contributed by atoms with E-state index in [2.05, 4.69) is 15.6 Å². The molecule has 0 spiro atoms. The Balaban J connectivity index is 2.06. The fourth-order valence-electron chi connectivity index (χ4n) is 2.07. The van der Waals surface area contributed by atoms with Gasteiger partial charge in [-0.05, 0) is 43.8 Å². The third-order valence-corrected chi connectivity index (χ3v) is 3.31. The van der Waals surface area contributed by atoms with Crippen molar-refractivity contribution in [3.05, 3.63) is 48.3 Å². The number of aromatic nitrogens is 1. The second-order valence-corrected chi connectivity index (χ2v) is 4.90. The van der Waals surface area contributed by atoms with Crippen LogP contribution in [0.2, 0.25) is 0 Å². The summed E-state index contributed by atoms with van der Waals surface area (Å²) in [5.74, 6) is 0.703. The number of carbonyl (C=O) groups is 1. The summed E-state index contributed by atoms with van der Waals surface area (Å²) < 4.78 is 5.15. The minimum Gasteiger partial charge on any atom is -0.497 e. The molecule has 5 heteroatoms. The summed E-state index contributed by atoms with van der Waals surface area (Å²) >= 11 is 0. The minimum atomic E-state index is -0.0982. The average Bonchev–Trinajstić information content (AvgIpc) is 2.59. The zero-order chi connectivity index (χ0) is 15.8. The molecule has 22 heavy (non-hydrogen) atoms. The van der Waals surface area contributed by atoms with Gasteiger partial charge < -0.3 is 15.4 Å². The van der Waals surface area contributed by atoms with Gasteiger partial charge in [0.25, 0.3) is 5.91 Å². The zero-order valence-corrected chi connectivity index (χ0v) is 12.9. The summed E-state index contributed by atoms with van der Waals surface area (Å²) in [4.78, 5) is 16.3. The summed E-state index contributed by atoms with van der Waals surface area (Å²) in [6, 6.07) is 9.52. The highest BCUT2D eigenvalue weighted by molar-refractivity contribution is 5.95. The first-order chi connectivity index (χ1) is 10.7. The molecule has 0 radical (unpaired) electrons. The van der Waals surface area contributed by atoms with E-state index in [9.17, 15) is 4.79 Å². The molecule has 0 unspecified atom stereocenters. The quantitative estimate of drug-likeness (QED) is 0.769. The van der Waals surface area contributed by atoms with Crippen LogP contribution in [0.15, 0.2) is 42.7 Å². The lowest BCUT2D eigenvalue weighted by molar-refractivity contribution is 0.0953. The summed E-state index contributed by atoms with van der Waals surface area (Å²) in [6.07, 6.45) is 4.23. The number of ether oxygens (including phenoxy) is 1. The van der Waals surface area contributed by atoms with Gasteiger partial charge in [0, 0.05) is 24.5 Å². The lowest BCUT2D eigenvalue weighted by Crippen LogP contribution is -2.26. The molecule has 2 rings (SSSR count). The fraction of sp³-hybridized carbons (Fsp3) is 0.294. The second kappa shape index (κ2) is 8.14. The van der Waals surface area contributed by atoms with Crippen molar-refractivity contribution in [1.29, 1.82) is 0 Å². The second-order valence-electron chi connectivity index (χ2n) is 4.90. The number of nitrogens with one attached hydrogen (secondary N) is 2. The van der Waals surface area contributed by atoms with Gasteiger partial charge in [0.1, 0.15) is 5.75 Å². The molecule has 0 aliphatic heterocycles. The van der Waals surface area contributed by atoms with Gasteiger partial charge in [-0.2, -0.15) is 0 Å². The standard InChI is InChI=1S/C17H21N3O2/c1-18-8-3-9-20-17(21)15-10-14(11-19-12-15)13-4-6-16(22-2)7-5-13/h4-7,10-12,18H,3,8-9H2,1-2H3,(H,20,21). The number of amides is 1. The first-order valence-corrected chi connectivity index (χ1v) is 7.27. The molecule has 116 valence electrons. The molecule has 5 nitrogen and oxygen atoms in total. The summed E-state index contributed by atoms with van der Waals surface area (Å²) in [5, 5.41) is 5.94. The smallest absolute Gasteiger partial charge is 0.252 e. The van der Waals surface area contributed by atoms with Crippen LogP contribution in [0, 0.1) is 0 Å². The Bertz CT molecular complexity index is 612. The summed E-state index contributed by atoms with van der Waals surface area (Å²) in [5.41, 5.74) is 2.47. The molecule has 0 saturated heterocycles. The van der Waals surface area contributed by atoms with Gasteiger partial charge in [0.05, 0.1) is 12.7 Å². The van der Waals surface area contributed by atoms with E-state index in [0.29, 0.717) is 12.1 Å². The van der Waals surface area contributed by atoms with Crippen molar-refractivity contribution in [1.82, 2.24) is 15.6 Å². The van der Waals surface area contributed by atoms with Gasteiger partial charge in [-0.15, -0.1) is 0 Å². The van der Waals surface area contributed by atoms with E-state index in [1.165, 1.54) is 0 Å². The number of hydrogen-bond acceptors (Lipinski definition) is 4. The normalized spacial score (nSPS) is 10.3. The topological polar surface area (TPSA) is 63.2 Å². The Labute approximate surface area is 130 Å². The van der Waals surface area contributed by atoms with Crippen LogP contribution in [0.1, 0.15) is 16.8 Å². The van der Waals surface area contributed by atoms with E-state index >= 15 is 0 Å². The Morgan fingerprint density at radius 2 is 1.91 bits per heavy atom. The molecule has 2 aromatic rings. The Kier molecular flexibility index (Phi) is 5.91. The van der Waals surface area contributed by atoms with Gasteiger partial charge in [0.15, 0.2) is 0 Å². The third kappa shape index (κ3) is 4.30. The Morgan fingerprint density at radius 1 is 1.14 bits per heavy atom. The highest BCUT2D eigenvalue weighted by atomic mass is 16.5. The first kappa shape index (κ1) is 16.0. The van der Waals surface area contributed by atoms with Crippen LogP contribution in [0.5, 0.6) is 5.75 Å². The molecule has 0 atom stereocenters. The van der Waals surface area contributed by atoms with Crippen molar-refractivity contribution in [2.75, 3.05) is 27.2 Å². The number of benzene rings is 1. The molecule has 1 aromatic heterocycles. The van der Waals surface area contributed by atoms with Crippen molar-refractivity contribution in [2.24, 2.45) is 0 Å². The average molecular weight is 299 g/mol. The van der Waals surface area contributed by atoms with Crippen LogP contribution >= 0.6 is 0 Å². The fourth-order valence-corrected chi connectivity index (χ4v) is 2.07. The Morgan fingerprint density at radius 3 is 2.59 bits per heavy atom. The summed E-state index contributed by atoms with van der Waals surface area (Å²) in [6.45, 7) is 1.52. The zero-order valence-electron chi connectivity index (χ0n) is 12.9. The maximum atomic E-state index is 12.1. The number of hydrogen-bond donors (Lipinski definition) is 2. The number of methoxy groups -OCH3 is 1. The highest BCUT2D eigenvalue weighted by Crippen LogP contribution is 2.22. The van der Waals surface area contributed by atoms with E-state index in [1.54, 1.807) is 19.5 Å². The molecule has 2 N–H and O–H groups in total. The van der Waals surface area contributed by atoms with Crippen LogP contribution in [0.4, 0.5) is 0 Å². The lowest BCUT2D eigenvalue weighted by Gasteiger charge is -2.07. The lowest BCUT2D eigenvalue weighted by atomic mass is 10.1. The maximum absolute atomic E-state index is 12.1. The number of nitrogens with zero attached hydrogens (tertiary/aromatic N) is 1. The largest absolute Gasteiger partial charge is 0.497 e. The van der Waals surface area contributed by atoms with Gasteiger partial charge in [0.2, 0.25) is 0 Å². The predicted molar refractivity (Wildman–Crippen MR) is 87.1 cm³/mol. The molecule has 0 aliphatic carbocycles. The van der Waals surface area contributed by atoms with E-state index in [-0.39, 0.29) is 5.91 Å². The summed E-state index contributed by atoms with van der Waals surface area (Å²) in [7, 11) is 3.53. The molecular formula is C17H21N3O2. The SMILES string of the molecule is CNCCCNC(=O)c1cncc(-c2ccc(OC)cc2)c1. The molecule has 1 aromatic carbocycles. The number of pyridine rings is 1. The van der Waals surface area contributed by atoms with Crippen molar-refractivity contribution >= 4 is 5.91 Å².